The molecule has 0 aliphatic rings. The van der Waals surface area contributed by atoms with Gasteiger partial charge in [-0.15, -0.1) is 6.58 Å². The van der Waals surface area contributed by atoms with E-state index in [1.807, 2.05) is 13.0 Å². The fourth-order valence-corrected chi connectivity index (χ4v) is 2.98. The van der Waals surface area contributed by atoms with Gasteiger partial charge in [0, 0.05) is 0 Å². The third-order valence-electron chi connectivity index (χ3n) is 4.51. The molecule has 3 aromatic carbocycles. The monoisotopic (exact) mass is 354 g/mol. The Morgan fingerprint density at radius 1 is 0.741 bits per heavy atom. The predicted molar refractivity (Wildman–Crippen MR) is 116 cm³/mol. The van der Waals surface area contributed by atoms with E-state index >= 15 is 0 Å². The third-order valence-corrected chi connectivity index (χ3v) is 4.51. The summed E-state index contributed by atoms with van der Waals surface area (Å²) in [6.07, 6.45) is 6.94. The maximum atomic E-state index is 5.62. The van der Waals surface area contributed by atoms with E-state index in [-0.39, 0.29) is 0 Å². The zero-order chi connectivity index (χ0) is 18.9. The van der Waals surface area contributed by atoms with Gasteiger partial charge in [-0.05, 0) is 46.7 Å². The summed E-state index contributed by atoms with van der Waals surface area (Å²) in [6.45, 7) is 7.11. The lowest BCUT2D eigenvalue weighted by molar-refractivity contribution is 0.125. The molecular weight excluding hydrogens is 328 g/mol. The molecule has 0 heterocycles. The number of benzene rings is 3. The van der Waals surface area contributed by atoms with Gasteiger partial charge < -0.3 is 4.74 Å². The lowest BCUT2D eigenvalue weighted by Gasteiger charge is -2.07. The Hall–Kier alpha value is -2.90. The number of allylic oxidation sites excluding steroid dienone is 1. The van der Waals surface area contributed by atoms with E-state index in [1.165, 1.54) is 33.4 Å². The number of ether oxygens (including phenoxy) is 1. The van der Waals surface area contributed by atoms with Crippen LogP contribution in [-0.4, -0.2) is 6.61 Å². The van der Waals surface area contributed by atoms with Crippen LogP contribution in [0.15, 0.2) is 91.5 Å². The summed E-state index contributed by atoms with van der Waals surface area (Å²) >= 11 is 0. The number of hydrogen-bond donors (Lipinski definition) is 0. The van der Waals surface area contributed by atoms with Crippen molar-refractivity contribution in [1.29, 1.82) is 0 Å². The van der Waals surface area contributed by atoms with Gasteiger partial charge in [-0.1, -0.05) is 91.0 Å². The molecule has 0 spiro atoms. The Morgan fingerprint density at radius 3 is 1.70 bits per heavy atom. The zero-order valence-corrected chi connectivity index (χ0v) is 15.9. The summed E-state index contributed by atoms with van der Waals surface area (Å²) in [7, 11) is 0. The molecule has 27 heavy (non-hydrogen) atoms. The largest absolute Gasteiger partial charge is 0.376 e. The normalized spacial score (nSPS) is 11.0. The van der Waals surface area contributed by atoms with Crippen LogP contribution in [0.25, 0.3) is 28.3 Å². The van der Waals surface area contributed by atoms with E-state index in [4.69, 9.17) is 4.74 Å². The molecule has 0 aliphatic carbocycles. The Bertz CT molecular complexity index is 869. The first-order valence-electron chi connectivity index (χ1n) is 9.41. The zero-order valence-electron chi connectivity index (χ0n) is 15.9. The van der Waals surface area contributed by atoms with E-state index in [2.05, 4.69) is 91.5 Å². The van der Waals surface area contributed by atoms with Crippen molar-refractivity contribution in [1.82, 2.24) is 0 Å². The lowest BCUT2D eigenvalue weighted by Crippen LogP contribution is -1.94. The first-order chi connectivity index (χ1) is 13.3. The van der Waals surface area contributed by atoms with Crippen LogP contribution in [0.2, 0.25) is 0 Å². The molecule has 3 rings (SSSR count). The lowest BCUT2D eigenvalue weighted by atomic mass is 9.99. The van der Waals surface area contributed by atoms with Crippen LogP contribution in [0, 0.1) is 0 Å². The molecule has 0 saturated carbocycles. The Balaban J connectivity index is 1.66. The second kappa shape index (κ2) is 9.70. The highest BCUT2D eigenvalue weighted by molar-refractivity contribution is 5.71. The smallest absolute Gasteiger partial charge is 0.0717 e. The van der Waals surface area contributed by atoms with Gasteiger partial charge >= 0.3 is 0 Å². The Labute approximate surface area is 162 Å². The fourth-order valence-electron chi connectivity index (χ4n) is 2.98. The van der Waals surface area contributed by atoms with E-state index in [1.54, 1.807) is 0 Å². The maximum Gasteiger partial charge on any atom is 0.0717 e. The highest BCUT2D eigenvalue weighted by atomic mass is 16.5. The van der Waals surface area contributed by atoms with Crippen molar-refractivity contribution in [3.63, 3.8) is 0 Å². The van der Waals surface area contributed by atoms with Crippen molar-refractivity contribution in [2.24, 2.45) is 0 Å². The molecule has 0 radical (unpaired) electrons. The van der Waals surface area contributed by atoms with Gasteiger partial charge in [0.2, 0.25) is 0 Å². The van der Waals surface area contributed by atoms with Crippen LogP contribution >= 0.6 is 0 Å². The molecule has 1 heteroatoms. The van der Waals surface area contributed by atoms with Crippen LogP contribution in [0.3, 0.4) is 0 Å². The number of rotatable bonds is 8. The quantitative estimate of drug-likeness (QED) is 0.308. The van der Waals surface area contributed by atoms with Crippen LogP contribution < -0.4 is 0 Å². The molecular formula is C26H26O. The average molecular weight is 354 g/mol. The summed E-state index contributed by atoms with van der Waals surface area (Å²) in [5, 5.41) is 0. The summed E-state index contributed by atoms with van der Waals surface area (Å²) in [5.41, 5.74) is 7.34. The first kappa shape index (κ1) is 18.9. The fraction of sp³-hybridized carbons (Fsp3) is 0.154. The third kappa shape index (κ3) is 5.29. The molecule has 136 valence electrons. The minimum Gasteiger partial charge on any atom is -0.376 e. The van der Waals surface area contributed by atoms with Gasteiger partial charge in [-0.25, -0.2) is 0 Å². The van der Waals surface area contributed by atoms with Gasteiger partial charge in [-0.2, -0.15) is 0 Å². The molecule has 0 amide bonds. The van der Waals surface area contributed by atoms with Crippen molar-refractivity contribution in [3.8, 4) is 22.3 Å². The van der Waals surface area contributed by atoms with Gasteiger partial charge in [0.05, 0.1) is 13.2 Å². The minimum absolute atomic E-state index is 0.649. The molecule has 0 aliphatic heterocycles. The second-order valence-electron chi connectivity index (χ2n) is 6.53. The van der Waals surface area contributed by atoms with E-state index < -0.39 is 0 Å². The number of hydrogen-bond acceptors (Lipinski definition) is 1. The van der Waals surface area contributed by atoms with Gasteiger partial charge in [0.15, 0.2) is 0 Å². The highest BCUT2D eigenvalue weighted by Crippen LogP contribution is 2.25. The van der Waals surface area contributed by atoms with Crippen molar-refractivity contribution in [3.05, 3.63) is 103 Å². The molecule has 0 unspecified atom stereocenters. The molecule has 0 saturated heterocycles. The average Bonchev–Trinajstić information content (AvgIpc) is 2.73. The van der Waals surface area contributed by atoms with Gasteiger partial charge in [-0.3, -0.25) is 0 Å². The Kier molecular flexibility index (Phi) is 6.78. The molecule has 3 aromatic rings. The van der Waals surface area contributed by atoms with Gasteiger partial charge in [0.25, 0.3) is 0 Å². The van der Waals surface area contributed by atoms with Crippen molar-refractivity contribution in [2.45, 2.75) is 20.0 Å². The van der Waals surface area contributed by atoms with Crippen molar-refractivity contribution < 1.29 is 4.74 Å². The molecule has 0 atom stereocenters. The molecule has 1 nitrogen and oxygen atoms in total. The van der Waals surface area contributed by atoms with Crippen LogP contribution in [0.1, 0.15) is 24.5 Å². The highest BCUT2D eigenvalue weighted by Gasteiger charge is 2.01. The Morgan fingerprint density at radius 2 is 1.22 bits per heavy atom. The van der Waals surface area contributed by atoms with Crippen LogP contribution in [0.4, 0.5) is 0 Å². The maximum absolute atomic E-state index is 5.62. The van der Waals surface area contributed by atoms with Crippen LogP contribution in [0.5, 0.6) is 0 Å². The first-order valence-corrected chi connectivity index (χ1v) is 9.41. The van der Waals surface area contributed by atoms with Gasteiger partial charge in [0.1, 0.15) is 0 Å². The second-order valence-corrected chi connectivity index (χ2v) is 6.53. The van der Waals surface area contributed by atoms with Crippen LogP contribution in [-0.2, 0) is 11.3 Å². The van der Waals surface area contributed by atoms with E-state index in [9.17, 15) is 0 Å². The summed E-state index contributed by atoms with van der Waals surface area (Å²) in [5.74, 6) is 0. The summed E-state index contributed by atoms with van der Waals surface area (Å²) in [4.78, 5) is 0. The summed E-state index contributed by atoms with van der Waals surface area (Å²) in [6, 6.07) is 26.0. The molecule has 0 aromatic heterocycles. The topological polar surface area (TPSA) is 9.23 Å². The predicted octanol–water partition coefficient (Wildman–Crippen LogP) is 7.15. The van der Waals surface area contributed by atoms with Crippen molar-refractivity contribution >= 4 is 6.08 Å². The SMILES string of the molecule is C=CCCOCc1ccc(-c2ccc(-c3ccc(C=CC)cc3)cc2)cc1. The van der Waals surface area contributed by atoms with E-state index in [0.29, 0.717) is 6.61 Å². The molecule has 0 N–H and O–H groups in total. The standard InChI is InChI=1S/C26H26O/c1-3-5-19-27-20-22-9-13-24(14-10-22)26-17-15-25(16-18-26)23-11-7-21(6-4-2)8-12-23/h3-4,6-18H,1,5,19-20H2,2H3. The van der Waals surface area contributed by atoms with Crippen molar-refractivity contribution in [2.75, 3.05) is 6.61 Å². The minimum atomic E-state index is 0.649. The molecule has 0 bridgehead atoms. The van der Waals surface area contributed by atoms with E-state index in [0.717, 1.165) is 13.0 Å². The summed E-state index contributed by atoms with van der Waals surface area (Å²) < 4.78 is 5.62. The molecule has 0 fully saturated rings.